The van der Waals surface area contributed by atoms with E-state index in [1.807, 2.05) is 0 Å². The van der Waals surface area contributed by atoms with Crippen LogP contribution >= 0.6 is 0 Å². The van der Waals surface area contributed by atoms with Crippen LogP contribution in [0.3, 0.4) is 0 Å². The maximum atomic E-state index is 10.1. The van der Waals surface area contributed by atoms with Crippen LogP contribution in [0.25, 0.3) is 0 Å². The standard InChI is InChI=1S/C9H16O7/c1-8(15)5(12)4(11)6(13)9(8)2-3(10)7(14)16-9/h3-7,10-15H,2H2,1H3/t3-,4+,5+,6-,7-,8-,9?/m0/s1. The van der Waals surface area contributed by atoms with Gasteiger partial charge in [-0.2, -0.15) is 0 Å². The molecule has 1 aliphatic heterocycles. The summed E-state index contributed by atoms with van der Waals surface area (Å²) in [5.74, 6) is 0. The summed E-state index contributed by atoms with van der Waals surface area (Å²) in [5.41, 5.74) is -3.71. The molecular formula is C9H16O7. The summed E-state index contributed by atoms with van der Waals surface area (Å²) in [6, 6.07) is 0. The smallest absolute Gasteiger partial charge is 0.181 e. The highest BCUT2D eigenvalue weighted by molar-refractivity contribution is 5.20. The second-order valence-electron chi connectivity index (χ2n) is 4.70. The minimum Gasteiger partial charge on any atom is -0.388 e. The van der Waals surface area contributed by atoms with Gasteiger partial charge in [-0.3, -0.25) is 0 Å². The first-order valence-electron chi connectivity index (χ1n) is 5.04. The van der Waals surface area contributed by atoms with Gasteiger partial charge in [0.1, 0.15) is 35.6 Å². The van der Waals surface area contributed by atoms with Gasteiger partial charge in [0, 0.05) is 6.42 Å². The molecule has 2 fully saturated rings. The van der Waals surface area contributed by atoms with Crippen LogP contribution in [0.4, 0.5) is 0 Å². The minimum atomic E-state index is -1.95. The van der Waals surface area contributed by atoms with Crippen molar-refractivity contribution in [2.75, 3.05) is 0 Å². The van der Waals surface area contributed by atoms with E-state index >= 15 is 0 Å². The van der Waals surface area contributed by atoms with Crippen LogP contribution in [0.5, 0.6) is 0 Å². The molecule has 0 bridgehead atoms. The Balaban J connectivity index is 2.40. The highest BCUT2D eigenvalue weighted by atomic mass is 16.7. The van der Waals surface area contributed by atoms with E-state index < -0.39 is 41.9 Å². The summed E-state index contributed by atoms with van der Waals surface area (Å²) >= 11 is 0. The molecule has 1 spiro atoms. The lowest BCUT2D eigenvalue weighted by molar-refractivity contribution is -0.239. The molecule has 2 aliphatic rings. The van der Waals surface area contributed by atoms with E-state index in [0.29, 0.717) is 0 Å². The van der Waals surface area contributed by atoms with Gasteiger partial charge >= 0.3 is 0 Å². The van der Waals surface area contributed by atoms with Crippen molar-refractivity contribution in [1.82, 2.24) is 0 Å². The first-order chi connectivity index (χ1) is 7.24. The number of aliphatic hydroxyl groups excluding tert-OH is 5. The SMILES string of the molecule is C[C@]1(O)[C@H](O)[C@@H](O)[C@H](O)C12C[C@H](O)[C@@H](O)O2. The number of hydrogen-bond acceptors (Lipinski definition) is 7. The van der Waals surface area contributed by atoms with E-state index in [4.69, 9.17) is 4.74 Å². The van der Waals surface area contributed by atoms with Gasteiger partial charge in [0.25, 0.3) is 0 Å². The molecule has 1 saturated carbocycles. The lowest BCUT2D eigenvalue weighted by Gasteiger charge is -2.38. The normalized spacial score (nSPS) is 62.1. The van der Waals surface area contributed by atoms with Crippen LogP contribution in [0.2, 0.25) is 0 Å². The zero-order valence-electron chi connectivity index (χ0n) is 8.69. The molecule has 7 heteroatoms. The number of aliphatic hydroxyl groups is 6. The Bertz CT molecular complexity index is 282. The Labute approximate surface area is 91.5 Å². The van der Waals surface area contributed by atoms with Crippen molar-refractivity contribution < 1.29 is 35.4 Å². The molecule has 16 heavy (non-hydrogen) atoms. The van der Waals surface area contributed by atoms with E-state index in [1.165, 1.54) is 6.92 Å². The molecule has 94 valence electrons. The molecule has 0 aromatic rings. The van der Waals surface area contributed by atoms with Gasteiger partial charge in [0.05, 0.1) is 0 Å². The third-order valence-corrected chi connectivity index (χ3v) is 3.73. The molecule has 0 aromatic heterocycles. The monoisotopic (exact) mass is 236 g/mol. The van der Waals surface area contributed by atoms with Gasteiger partial charge in [0.15, 0.2) is 6.29 Å². The Morgan fingerprint density at radius 3 is 1.94 bits per heavy atom. The largest absolute Gasteiger partial charge is 0.388 e. The minimum absolute atomic E-state index is 0.267. The summed E-state index contributed by atoms with van der Waals surface area (Å²) in [5, 5.41) is 57.6. The van der Waals surface area contributed by atoms with Gasteiger partial charge < -0.3 is 35.4 Å². The van der Waals surface area contributed by atoms with Crippen LogP contribution in [-0.2, 0) is 4.74 Å². The Kier molecular flexibility index (Phi) is 2.56. The zero-order valence-corrected chi connectivity index (χ0v) is 8.69. The van der Waals surface area contributed by atoms with Gasteiger partial charge in [0.2, 0.25) is 0 Å². The summed E-state index contributed by atoms with van der Waals surface area (Å²) in [4.78, 5) is 0. The van der Waals surface area contributed by atoms with Crippen molar-refractivity contribution in [3.05, 3.63) is 0 Å². The molecule has 0 aromatic carbocycles. The Morgan fingerprint density at radius 2 is 1.62 bits per heavy atom. The van der Waals surface area contributed by atoms with E-state index in [0.717, 1.165) is 0 Å². The first kappa shape index (κ1) is 12.2. The van der Waals surface area contributed by atoms with Crippen molar-refractivity contribution in [1.29, 1.82) is 0 Å². The number of rotatable bonds is 0. The van der Waals surface area contributed by atoms with Crippen molar-refractivity contribution in [2.45, 2.75) is 55.3 Å². The van der Waals surface area contributed by atoms with E-state index in [-0.39, 0.29) is 6.42 Å². The first-order valence-corrected chi connectivity index (χ1v) is 5.04. The molecule has 1 unspecified atom stereocenters. The average Bonchev–Trinajstić information content (AvgIpc) is 2.57. The van der Waals surface area contributed by atoms with Crippen LogP contribution in [0.1, 0.15) is 13.3 Å². The molecule has 2 rings (SSSR count). The maximum absolute atomic E-state index is 10.1. The van der Waals surface area contributed by atoms with Crippen LogP contribution < -0.4 is 0 Å². The third kappa shape index (κ3) is 1.22. The van der Waals surface area contributed by atoms with Crippen LogP contribution in [0, 0.1) is 0 Å². The molecule has 6 N–H and O–H groups in total. The van der Waals surface area contributed by atoms with Gasteiger partial charge in [-0.15, -0.1) is 0 Å². The highest BCUT2D eigenvalue weighted by Gasteiger charge is 2.71. The fraction of sp³-hybridized carbons (Fsp3) is 1.00. The lowest BCUT2D eigenvalue weighted by Crippen LogP contribution is -2.57. The van der Waals surface area contributed by atoms with Gasteiger partial charge in [-0.05, 0) is 6.92 Å². The van der Waals surface area contributed by atoms with E-state index in [2.05, 4.69) is 0 Å². The van der Waals surface area contributed by atoms with Crippen molar-refractivity contribution in [3.8, 4) is 0 Å². The molecule has 7 atom stereocenters. The molecule has 1 heterocycles. The Hall–Kier alpha value is -0.280. The summed E-state index contributed by atoms with van der Waals surface area (Å²) < 4.78 is 4.98. The van der Waals surface area contributed by atoms with Crippen molar-refractivity contribution in [3.63, 3.8) is 0 Å². The summed E-state index contributed by atoms with van der Waals surface area (Å²) in [6.45, 7) is 1.18. The molecule has 1 saturated heterocycles. The van der Waals surface area contributed by atoms with E-state index in [9.17, 15) is 30.6 Å². The predicted octanol–water partition coefficient (Wildman–Crippen LogP) is -3.33. The highest BCUT2D eigenvalue weighted by Crippen LogP contribution is 2.49. The van der Waals surface area contributed by atoms with Crippen molar-refractivity contribution >= 4 is 0 Å². The fourth-order valence-electron chi connectivity index (χ4n) is 2.60. The molecule has 0 radical (unpaired) electrons. The lowest BCUT2D eigenvalue weighted by atomic mass is 9.82. The van der Waals surface area contributed by atoms with E-state index in [1.54, 1.807) is 0 Å². The second kappa shape index (κ2) is 3.36. The number of ether oxygens (including phenoxy) is 1. The summed E-state index contributed by atoms with van der Waals surface area (Å²) in [7, 11) is 0. The Morgan fingerprint density at radius 1 is 1.06 bits per heavy atom. The predicted molar refractivity (Wildman–Crippen MR) is 49.1 cm³/mol. The number of hydrogen-bond donors (Lipinski definition) is 6. The maximum Gasteiger partial charge on any atom is 0.181 e. The van der Waals surface area contributed by atoms with Crippen LogP contribution in [0.15, 0.2) is 0 Å². The molecular weight excluding hydrogens is 220 g/mol. The molecule has 7 nitrogen and oxygen atoms in total. The summed E-state index contributed by atoms with van der Waals surface area (Å²) in [6.07, 6.45) is -7.88. The van der Waals surface area contributed by atoms with Crippen LogP contribution in [-0.4, -0.2) is 72.5 Å². The third-order valence-electron chi connectivity index (χ3n) is 3.73. The second-order valence-corrected chi connectivity index (χ2v) is 4.70. The quantitative estimate of drug-likeness (QED) is 0.259. The topological polar surface area (TPSA) is 131 Å². The molecule has 1 aliphatic carbocycles. The molecule has 0 amide bonds. The fourth-order valence-corrected chi connectivity index (χ4v) is 2.60. The zero-order chi connectivity index (χ0) is 12.3. The van der Waals surface area contributed by atoms with Gasteiger partial charge in [-0.25, -0.2) is 0 Å². The van der Waals surface area contributed by atoms with Gasteiger partial charge in [-0.1, -0.05) is 0 Å². The average molecular weight is 236 g/mol. The van der Waals surface area contributed by atoms with Crippen molar-refractivity contribution in [2.24, 2.45) is 0 Å².